The Balaban J connectivity index is 2.06. The monoisotopic (exact) mass is 269 g/mol. The van der Waals surface area contributed by atoms with Crippen LogP contribution in [0, 0.1) is 5.92 Å². The Bertz CT molecular complexity index is 442. The van der Waals surface area contributed by atoms with Gasteiger partial charge in [0, 0.05) is 12.5 Å². The van der Waals surface area contributed by atoms with Crippen LogP contribution < -0.4 is 5.48 Å². The first-order chi connectivity index (χ1) is 9.77. The Kier molecular flexibility index (Phi) is 5.78. The first-order valence-electron chi connectivity index (χ1n) is 7.22. The van der Waals surface area contributed by atoms with Gasteiger partial charge in [-0.05, 0) is 17.0 Å². The van der Waals surface area contributed by atoms with E-state index < -0.39 is 0 Å². The van der Waals surface area contributed by atoms with Crippen molar-refractivity contribution in [2.24, 2.45) is 5.92 Å². The van der Waals surface area contributed by atoms with Gasteiger partial charge in [-0.25, -0.2) is 5.48 Å². The molecule has 0 unspecified atom stereocenters. The van der Waals surface area contributed by atoms with Crippen molar-refractivity contribution in [2.75, 3.05) is 13.2 Å². The lowest BCUT2D eigenvalue weighted by Crippen LogP contribution is -2.24. The predicted octanol–water partition coefficient (Wildman–Crippen LogP) is 4.00. The summed E-state index contributed by atoms with van der Waals surface area (Å²) in [4.78, 5) is 5.52. The third-order valence-corrected chi connectivity index (χ3v) is 3.21. The molecule has 0 saturated carbocycles. The predicted molar refractivity (Wildman–Crippen MR) is 83.5 cm³/mol. The Labute approximate surface area is 121 Å². The van der Waals surface area contributed by atoms with Crippen molar-refractivity contribution in [3.05, 3.63) is 71.8 Å². The third kappa shape index (κ3) is 4.48. The van der Waals surface area contributed by atoms with Crippen molar-refractivity contribution in [1.82, 2.24) is 5.48 Å². The number of hydrogen-bond acceptors (Lipinski definition) is 2. The van der Waals surface area contributed by atoms with Gasteiger partial charge in [0.05, 0.1) is 6.61 Å². The summed E-state index contributed by atoms with van der Waals surface area (Å²) in [5.41, 5.74) is 5.72. The molecular formula is C18H23NO. The topological polar surface area (TPSA) is 21.3 Å². The zero-order valence-electron chi connectivity index (χ0n) is 12.3. The lowest BCUT2D eigenvalue weighted by atomic mass is 9.91. The molecule has 0 radical (unpaired) electrons. The quantitative estimate of drug-likeness (QED) is 0.606. The first-order valence-corrected chi connectivity index (χ1v) is 7.22. The molecule has 0 aliphatic heterocycles. The summed E-state index contributed by atoms with van der Waals surface area (Å²) >= 11 is 0. The SMILES string of the molecule is CC(C)CONCC(c1ccccc1)c1ccccc1. The van der Waals surface area contributed by atoms with E-state index in [1.807, 2.05) is 12.1 Å². The van der Waals surface area contributed by atoms with E-state index >= 15 is 0 Å². The maximum atomic E-state index is 5.52. The average Bonchev–Trinajstić information content (AvgIpc) is 2.49. The van der Waals surface area contributed by atoms with E-state index in [4.69, 9.17) is 4.84 Å². The molecule has 2 aromatic carbocycles. The van der Waals surface area contributed by atoms with Crippen molar-refractivity contribution in [2.45, 2.75) is 19.8 Å². The molecule has 106 valence electrons. The molecule has 0 fully saturated rings. The van der Waals surface area contributed by atoms with Gasteiger partial charge < -0.3 is 4.84 Å². The standard InChI is InChI=1S/C18H23NO/c1-15(2)14-20-19-13-18(16-9-5-3-6-10-16)17-11-7-4-8-12-17/h3-12,15,18-19H,13-14H2,1-2H3. The van der Waals surface area contributed by atoms with Crippen LogP contribution in [0.5, 0.6) is 0 Å². The van der Waals surface area contributed by atoms with Gasteiger partial charge in [0.15, 0.2) is 0 Å². The molecule has 0 saturated heterocycles. The van der Waals surface area contributed by atoms with Gasteiger partial charge in [0.1, 0.15) is 0 Å². The Morgan fingerprint density at radius 1 is 0.850 bits per heavy atom. The minimum Gasteiger partial charge on any atom is -0.302 e. The first kappa shape index (κ1) is 14.8. The molecule has 1 N–H and O–H groups in total. The van der Waals surface area contributed by atoms with Gasteiger partial charge >= 0.3 is 0 Å². The lowest BCUT2D eigenvalue weighted by Gasteiger charge is -2.19. The second kappa shape index (κ2) is 7.83. The summed E-state index contributed by atoms with van der Waals surface area (Å²) in [6.45, 7) is 5.80. The van der Waals surface area contributed by atoms with Gasteiger partial charge in [-0.3, -0.25) is 0 Å². The Morgan fingerprint density at radius 3 is 1.80 bits per heavy atom. The summed E-state index contributed by atoms with van der Waals surface area (Å²) in [5.74, 6) is 0.846. The van der Waals surface area contributed by atoms with Gasteiger partial charge in [-0.15, -0.1) is 0 Å². The van der Waals surface area contributed by atoms with Crippen molar-refractivity contribution in [3.8, 4) is 0 Å². The molecule has 0 bridgehead atoms. The van der Waals surface area contributed by atoms with Crippen LogP contribution in [-0.2, 0) is 4.84 Å². The highest BCUT2D eigenvalue weighted by molar-refractivity contribution is 5.32. The smallest absolute Gasteiger partial charge is 0.0705 e. The van der Waals surface area contributed by atoms with Crippen LogP contribution in [0.1, 0.15) is 30.9 Å². The lowest BCUT2D eigenvalue weighted by molar-refractivity contribution is 0.0224. The number of benzene rings is 2. The van der Waals surface area contributed by atoms with Crippen molar-refractivity contribution in [1.29, 1.82) is 0 Å². The van der Waals surface area contributed by atoms with Gasteiger partial charge in [-0.1, -0.05) is 74.5 Å². The van der Waals surface area contributed by atoms with E-state index in [0.29, 0.717) is 11.8 Å². The largest absolute Gasteiger partial charge is 0.302 e. The maximum Gasteiger partial charge on any atom is 0.0705 e. The molecular weight excluding hydrogens is 246 g/mol. The highest BCUT2D eigenvalue weighted by Crippen LogP contribution is 2.23. The summed E-state index contributed by atoms with van der Waals surface area (Å²) in [5, 5.41) is 0. The average molecular weight is 269 g/mol. The highest BCUT2D eigenvalue weighted by atomic mass is 16.6. The molecule has 0 aromatic heterocycles. The second-order valence-electron chi connectivity index (χ2n) is 5.43. The Hall–Kier alpha value is -1.64. The fourth-order valence-electron chi connectivity index (χ4n) is 2.17. The van der Waals surface area contributed by atoms with Crippen LogP contribution in [0.2, 0.25) is 0 Å². The van der Waals surface area contributed by atoms with Crippen LogP contribution in [0.15, 0.2) is 60.7 Å². The number of nitrogens with one attached hydrogen (secondary N) is 1. The van der Waals surface area contributed by atoms with Crippen LogP contribution in [0.3, 0.4) is 0 Å². The minimum atomic E-state index is 0.310. The second-order valence-corrected chi connectivity index (χ2v) is 5.43. The van der Waals surface area contributed by atoms with E-state index in [-0.39, 0.29) is 0 Å². The fourth-order valence-corrected chi connectivity index (χ4v) is 2.17. The molecule has 2 nitrogen and oxygen atoms in total. The van der Waals surface area contributed by atoms with Crippen molar-refractivity contribution < 1.29 is 4.84 Å². The molecule has 0 aliphatic carbocycles. The summed E-state index contributed by atoms with van der Waals surface area (Å²) in [6, 6.07) is 21.1. The van der Waals surface area contributed by atoms with Crippen LogP contribution >= 0.6 is 0 Å². The Morgan fingerprint density at radius 2 is 1.35 bits per heavy atom. The highest BCUT2D eigenvalue weighted by Gasteiger charge is 2.13. The van der Waals surface area contributed by atoms with Crippen LogP contribution in [0.4, 0.5) is 0 Å². The van der Waals surface area contributed by atoms with Gasteiger partial charge in [-0.2, -0.15) is 0 Å². The molecule has 0 aliphatic rings. The molecule has 2 rings (SSSR count). The van der Waals surface area contributed by atoms with Crippen molar-refractivity contribution in [3.63, 3.8) is 0 Å². The van der Waals surface area contributed by atoms with E-state index in [1.165, 1.54) is 11.1 Å². The molecule has 0 spiro atoms. The van der Waals surface area contributed by atoms with Gasteiger partial charge in [0.25, 0.3) is 0 Å². The van der Waals surface area contributed by atoms with Gasteiger partial charge in [0.2, 0.25) is 0 Å². The third-order valence-electron chi connectivity index (χ3n) is 3.21. The molecule has 2 heteroatoms. The molecule has 20 heavy (non-hydrogen) atoms. The van der Waals surface area contributed by atoms with Crippen LogP contribution in [-0.4, -0.2) is 13.2 Å². The summed E-state index contributed by atoms with van der Waals surface area (Å²) in [6.07, 6.45) is 0. The normalized spacial score (nSPS) is 11.2. The maximum absolute atomic E-state index is 5.52. The fraction of sp³-hybridized carbons (Fsp3) is 0.333. The van der Waals surface area contributed by atoms with E-state index in [2.05, 4.69) is 67.9 Å². The minimum absolute atomic E-state index is 0.310. The van der Waals surface area contributed by atoms with E-state index in [1.54, 1.807) is 0 Å². The summed E-state index contributed by atoms with van der Waals surface area (Å²) < 4.78 is 0. The molecule has 0 atom stereocenters. The van der Waals surface area contributed by atoms with E-state index in [9.17, 15) is 0 Å². The summed E-state index contributed by atoms with van der Waals surface area (Å²) in [7, 11) is 0. The molecule has 0 amide bonds. The van der Waals surface area contributed by atoms with Crippen LogP contribution in [0.25, 0.3) is 0 Å². The number of hydroxylamine groups is 1. The zero-order valence-corrected chi connectivity index (χ0v) is 12.3. The molecule has 0 heterocycles. The van der Waals surface area contributed by atoms with Crippen molar-refractivity contribution >= 4 is 0 Å². The number of rotatable bonds is 7. The van der Waals surface area contributed by atoms with E-state index in [0.717, 1.165) is 13.2 Å². The molecule has 2 aromatic rings. The zero-order chi connectivity index (χ0) is 14.2. The number of hydrogen-bond donors (Lipinski definition) is 1.